The van der Waals surface area contributed by atoms with Crippen molar-refractivity contribution in [1.29, 1.82) is 0 Å². The molecule has 2 unspecified atom stereocenters. The van der Waals surface area contributed by atoms with Crippen molar-refractivity contribution in [3.05, 3.63) is 30.1 Å². The van der Waals surface area contributed by atoms with Crippen molar-refractivity contribution in [3.63, 3.8) is 0 Å². The number of hydrogen-bond acceptors (Lipinski definition) is 2. The van der Waals surface area contributed by atoms with Gasteiger partial charge in [-0.3, -0.25) is 0 Å². The Hall–Kier alpha value is -0.940. The molecule has 16 heavy (non-hydrogen) atoms. The largest absolute Gasteiger partial charge is 0.243 e. The molecule has 0 spiro atoms. The van der Waals surface area contributed by atoms with E-state index >= 15 is 0 Å². The third-order valence-electron chi connectivity index (χ3n) is 2.79. The van der Waals surface area contributed by atoms with Gasteiger partial charge in [-0.2, -0.15) is 4.31 Å². The van der Waals surface area contributed by atoms with Crippen LogP contribution < -0.4 is 0 Å². The van der Waals surface area contributed by atoms with E-state index in [0.717, 1.165) is 0 Å². The first-order chi connectivity index (χ1) is 7.43. The monoisotopic (exact) mass is 243 g/mol. The maximum atomic E-state index is 12.7. The average Bonchev–Trinajstić information content (AvgIpc) is 2.98. The summed E-state index contributed by atoms with van der Waals surface area (Å²) in [6, 6.07) is 5.04. The summed E-state index contributed by atoms with van der Waals surface area (Å²) in [7, 11) is -3.41. The topological polar surface area (TPSA) is 37.1 Å². The summed E-state index contributed by atoms with van der Waals surface area (Å²) in [5.41, 5.74) is 0. The molecule has 1 fully saturated rings. The Morgan fingerprint density at radius 3 is 2.31 bits per heavy atom. The zero-order chi connectivity index (χ0) is 11.9. The first kappa shape index (κ1) is 11.5. The van der Waals surface area contributed by atoms with Crippen LogP contribution in [-0.2, 0) is 10.0 Å². The van der Waals surface area contributed by atoms with Crippen molar-refractivity contribution >= 4 is 10.0 Å². The third kappa shape index (κ3) is 1.97. The maximum absolute atomic E-state index is 12.7. The minimum absolute atomic E-state index is 0.0926. The van der Waals surface area contributed by atoms with Gasteiger partial charge in [-0.1, -0.05) is 13.8 Å². The minimum atomic E-state index is -3.41. The van der Waals surface area contributed by atoms with Crippen LogP contribution in [0.4, 0.5) is 4.39 Å². The summed E-state index contributed by atoms with van der Waals surface area (Å²) in [5, 5.41) is 0. The summed E-state index contributed by atoms with van der Waals surface area (Å²) < 4.78 is 38.2. The molecule has 0 bridgehead atoms. The molecule has 0 aromatic heterocycles. The molecule has 1 saturated heterocycles. The molecular weight excluding hydrogens is 229 g/mol. The van der Waals surface area contributed by atoms with Gasteiger partial charge in [0.1, 0.15) is 5.82 Å². The molecule has 3 nitrogen and oxygen atoms in total. The average molecular weight is 243 g/mol. The fourth-order valence-corrected chi connectivity index (χ4v) is 3.40. The van der Waals surface area contributed by atoms with Crippen LogP contribution in [0.2, 0.25) is 0 Å². The number of nitrogens with zero attached hydrogens (tertiary/aromatic N) is 1. The summed E-state index contributed by atoms with van der Waals surface area (Å²) in [6.45, 7) is 4.55. The summed E-state index contributed by atoms with van der Waals surface area (Å²) in [6.07, 6.45) is 0. The Morgan fingerprint density at radius 1 is 1.31 bits per heavy atom. The maximum Gasteiger partial charge on any atom is 0.243 e. The van der Waals surface area contributed by atoms with Crippen molar-refractivity contribution in [2.45, 2.75) is 24.8 Å². The SMILES string of the molecule is CC(C)C1CN1S(=O)(=O)c1ccc(F)cc1. The molecule has 2 rings (SSSR count). The first-order valence-corrected chi connectivity index (χ1v) is 6.64. The highest BCUT2D eigenvalue weighted by Crippen LogP contribution is 2.32. The standard InChI is InChI=1S/C11H14FNO2S/c1-8(2)11-7-13(11)16(14,15)10-5-3-9(12)4-6-10/h3-6,8,11H,7H2,1-2H3. The Labute approximate surface area is 94.9 Å². The molecule has 0 aliphatic carbocycles. The second-order valence-corrected chi connectivity index (χ2v) is 6.23. The van der Waals surface area contributed by atoms with Crippen LogP contribution in [0.15, 0.2) is 29.2 Å². The fourth-order valence-electron chi connectivity index (χ4n) is 1.70. The van der Waals surface area contributed by atoms with Crippen LogP contribution in [0.3, 0.4) is 0 Å². The Balaban J connectivity index is 2.24. The molecule has 1 aromatic carbocycles. The van der Waals surface area contributed by atoms with Gasteiger partial charge in [0.2, 0.25) is 10.0 Å². The molecule has 1 aromatic rings. The number of hydrogen-bond donors (Lipinski definition) is 0. The molecule has 1 aliphatic heterocycles. The Bertz CT molecular complexity index is 481. The molecule has 0 amide bonds. The van der Waals surface area contributed by atoms with Gasteiger partial charge in [0.15, 0.2) is 0 Å². The number of halogens is 1. The predicted molar refractivity (Wildman–Crippen MR) is 58.9 cm³/mol. The van der Waals surface area contributed by atoms with E-state index in [9.17, 15) is 12.8 Å². The van der Waals surface area contributed by atoms with Gasteiger partial charge < -0.3 is 0 Å². The van der Waals surface area contributed by atoms with E-state index in [1.165, 1.54) is 28.6 Å². The highest BCUT2D eigenvalue weighted by molar-refractivity contribution is 7.89. The normalized spacial score (nSPS) is 24.8. The zero-order valence-electron chi connectivity index (χ0n) is 9.22. The van der Waals surface area contributed by atoms with Crippen LogP contribution in [0.25, 0.3) is 0 Å². The summed E-state index contributed by atoms with van der Waals surface area (Å²) in [5.74, 6) is -0.111. The number of sulfonamides is 1. The third-order valence-corrected chi connectivity index (χ3v) is 4.70. The Morgan fingerprint density at radius 2 is 1.88 bits per heavy atom. The van der Waals surface area contributed by atoms with Gasteiger partial charge in [0.05, 0.1) is 4.90 Å². The van der Waals surface area contributed by atoms with Crippen LogP contribution in [-0.4, -0.2) is 25.3 Å². The molecule has 0 radical (unpaired) electrons. The van der Waals surface area contributed by atoms with Crippen molar-refractivity contribution in [2.24, 2.45) is 5.92 Å². The van der Waals surface area contributed by atoms with Crippen LogP contribution >= 0.6 is 0 Å². The highest BCUT2D eigenvalue weighted by Gasteiger charge is 2.45. The quantitative estimate of drug-likeness (QED) is 0.760. The lowest BCUT2D eigenvalue weighted by atomic mass is 10.1. The number of benzene rings is 1. The highest BCUT2D eigenvalue weighted by atomic mass is 32.2. The van der Waals surface area contributed by atoms with Gasteiger partial charge >= 0.3 is 0 Å². The lowest BCUT2D eigenvalue weighted by molar-refractivity contribution is 0.518. The van der Waals surface area contributed by atoms with Crippen LogP contribution in [0.5, 0.6) is 0 Å². The number of rotatable bonds is 3. The van der Waals surface area contributed by atoms with E-state index in [4.69, 9.17) is 0 Å². The van der Waals surface area contributed by atoms with Crippen molar-refractivity contribution in [3.8, 4) is 0 Å². The molecule has 1 aliphatic rings. The van der Waals surface area contributed by atoms with Crippen LogP contribution in [0.1, 0.15) is 13.8 Å². The Kier molecular flexibility index (Phi) is 2.75. The summed E-state index contributed by atoms with van der Waals surface area (Å²) in [4.78, 5) is 0.164. The molecule has 1 heterocycles. The van der Waals surface area contributed by atoms with Crippen molar-refractivity contribution in [1.82, 2.24) is 4.31 Å². The lowest BCUT2D eigenvalue weighted by Crippen LogP contribution is -2.17. The van der Waals surface area contributed by atoms with Gasteiger partial charge in [-0.05, 0) is 30.2 Å². The molecule has 0 saturated carbocycles. The molecule has 0 N–H and O–H groups in total. The lowest BCUT2D eigenvalue weighted by Gasteiger charge is -2.07. The van der Waals surface area contributed by atoms with E-state index in [1.54, 1.807) is 0 Å². The zero-order valence-corrected chi connectivity index (χ0v) is 10.0. The van der Waals surface area contributed by atoms with E-state index in [2.05, 4.69) is 0 Å². The second kappa shape index (κ2) is 3.82. The minimum Gasteiger partial charge on any atom is -0.207 e. The van der Waals surface area contributed by atoms with Gasteiger partial charge in [0.25, 0.3) is 0 Å². The second-order valence-electron chi connectivity index (χ2n) is 4.34. The smallest absolute Gasteiger partial charge is 0.207 e. The molecule has 88 valence electrons. The molecule has 5 heteroatoms. The fraction of sp³-hybridized carbons (Fsp3) is 0.455. The molecule has 2 atom stereocenters. The van der Waals surface area contributed by atoms with Gasteiger partial charge in [0, 0.05) is 12.6 Å². The first-order valence-electron chi connectivity index (χ1n) is 5.20. The van der Waals surface area contributed by atoms with E-state index in [0.29, 0.717) is 12.5 Å². The predicted octanol–water partition coefficient (Wildman–Crippen LogP) is 1.85. The summed E-state index contributed by atoms with van der Waals surface area (Å²) >= 11 is 0. The van der Waals surface area contributed by atoms with Gasteiger partial charge in [-0.25, -0.2) is 12.8 Å². The van der Waals surface area contributed by atoms with Crippen molar-refractivity contribution in [2.75, 3.05) is 6.54 Å². The van der Waals surface area contributed by atoms with E-state index in [1.807, 2.05) is 13.8 Å². The van der Waals surface area contributed by atoms with Crippen LogP contribution in [0, 0.1) is 11.7 Å². The van der Waals surface area contributed by atoms with E-state index < -0.39 is 15.8 Å². The van der Waals surface area contributed by atoms with Crippen molar-refractivity contribution < 1.29 is 12.8 Å². The van der Waals surface area contributed by atoms with Gasteiger partial charge in [-0.15, -0.1) is 0 Å². The molecular formula is C11H14FNO2S. The van der Waals surface area contributed by atoms with E-state index in [-0.39, 0.29) is 10.9 Å².